The third-order valence-electron chi connectivity index (χ3n) is 4.26. The van der Waals surface area contributed by atoms with Crippen LogP contribution in [0.15, 0.2) is 12.7 Å². The van der Waals surface area contributed by atoms with Crippen molar-refractivity contribution in [1.29, 1.82) is 0 Å². The van der Waals surface area contributed by atoms with Crippen molar-refractivity contribution in [3.63, 3.8) is 0 Å². The lowest BCUT2D eigenvalue weighted by Gasteiger charge is -2.18. The van der Waals surface area contributed by atoms with E-state index >= 15 is 0 Å². The largest absolute Gasteiger partial charge is 0.480 e. The summed E-state index contributed by atoms with van der Waals surface area (Å²) in [5.41, 5.74) is 12.1. The fourth-order valence-electron chi connectivity index (χ4n) is 2.81. The van der Waals surface area contributed by atoms with Gasteiger partial charge >= 0.3 is 5.97 Å². The van der Waals surface area contributed by atoms with Crippen LogP contribution in [0.2, 0.25) is 0 Å². The van der Waals surface area contributed by atoms with Gasteiger partial charge in [-0.1, -0.05) is 0 Å². The van der Waals surface area contributed by atoms with Gasteiger partial charge in [-0.15, -0.1) is 0 Å². The lowest BCUT2D eigenvalue weighted by Crippen LogP contribution is -2.41. The van der Waals surface area contributed by atoms with Crippen molar-refractivity contribution in [3.8, 4) is 0 Å². The normalized spacial score (nSPS) is 28.2. The quantitative estimate of drug-likeness (QED) is 0.308. The van der Waals surface area contributed by atoms with Crippen molar-refractivity contribution in [2.75, 3.05) is 5.32 Å². The second-order valence-electron chi connectivity index (χ2n) is 6.19. The predicted molar refractivity (Wildman–Crippen MR) is 88.7 cm³/mol. The molecule has 0 spiro atoms. The number of carboxylic acid groups (broad SMARTS) is 1. The summed E-state index contributed by atoms with van der Waals surface area (Å²) in [5, 5.41) is 31.7. The first kappa shape index (κ1) is 18.4. The Hall–Kier alpha value is -2.38. The van der Waals surface area contributed by atoms with Gasteiger partial charge < -0.3 is 36.8 Å². The lowest BCUT2D eigenvalue weighted by molar-refractivity contribution is -0.138. The van der Waals surface area contributed by atoms with E-state index in [1.54, 1.807) is 6.92 Å². The standard InChI is InChI=1S/C14H21N7O5/c1-5-9(22)10(23)13(26-5)21-4-19-8-11(17-3-18-12(8)21)20-7(16)2-6(15)14(24)25/h3-7,9-10,13,22-23H,2,15-16H2,1H3,(H,24,25)(H,17,18,20)/t5-,6?,7?,9-,10-,13-/m1/s1. The van der Waals surface area contributed by atoms with Gasteiger partial charge in [0.25, 0.3) is 0 Å². The van der Waals surface area contributed by atoms with Crippen LogP contribution in [0, 0.1) is 0 Å². The number of carboxylic acids is 1. The van der Waals surface area contributed by atoms with E-state index in [-0.39, 0.29) is 6.42 Å². The number of carbonyl (C=O) groups is 1. The highest BCUT2D eigenvalue weighted by Crippen LogP contribution is 2.31. The van der Waals surface area contributed by atoms with Gasteiger partial charge in [0.2, 0.25) is 0 Å². The van der Waals surface area contributed by atoms with E-state index in [4.69, 9.17) is 21.3 Å². The second-order valence-corrected chi connectivity index (χ2v) is 6.19. The summed E-state index contributed by atoms with van der Waals surface area (Å²) < 4.78 is 7.07. The third-order valence-corrected chi connectivity index (χ3v) is 4.26. The van der Waals surface area contributed by atoms with Gasteiger partial charge in [0.1, 0.15) is 24.6 Å². The molecule has 0 saturated carbocycles. The van der Waals surface area contributed by atoms with E-state index < -0.39 is 42.7 Å². The van der Waals surface area contributed by atoms with Gasteiger partial charge in [-0.25, -0.2) is 15.0 Å². The highest BCUT2D eigenvalue weighted by Gasteiger charge is 2.42. The molecule has 3 rings (SSSR count). The molecule has 1 aliphatic rings. The van der Waals surface area contributed by atoms with Crippen LogP contribution < -0.4 is 16.8 Å². The molecule has 1 aliphatic heterocycles. The Morgan fingerprint density at radius 2 is 2.08 bits per heavy atom. The predicted octanol–water partition coefficient (Wildman–Crippen LogP) is -2.04. The number of aliphatic carboxylic acids is 1. The Kier molecular flexibility index (Phi) is 5.02. The van der Waals surface area contributed by atoms with E-state index in [1.165, 1.54) is 17.2 Å². The molecule has 0 radical (unpaired) electrons. The van der Waals surface area contributed by atoms with Gasteiger partial charge in [0.15, 0.2) is 23.2 Å². The van der Waals surface area contributed by atoms with E-state index in [0.29, 0.717) is 17.0 Å². The smallest absolute Gasteiger partial charge is 0.320 e. The molecule has 0 aromatic carbocycles. The number of fused-ring (bicyclic) bond motifs is 1. The number of anilines is 1. The molecule has 2 unspecified atom stereocenters. The number of aliphatic hydroxyl groups excluding tert-OH is 2. The Morgan fingerprint density at radius 1 is 1.35 bits per heavy atom. The van der Waals surface area contributed by atoms with Gasteiger partial charge in [0, 0.05) is 6.42 Å². The molecular formula is C14H21N7O5. The van der Waals surface area contributed by atoms with Crippen LogP contribution in [0.5, 0.6) is 0 Å². The van der Waals surface area contributed by atoms with Crippen LogP contribution in [0.25, 0.3) is 11.2 Å². The number of ether oxygens (including phenoxy) is 1. The fourth-order valence-corrected chi connectivity index (χ4v) is 2.81. The van der Waals surface area contributed by atoms with Gasteiger partial charge in [-0.3, -0.25) is 9.36 Å². The number of imidazole rings is 1. The summed E-state index contributed by atoms with van der Waals surface area (Å²) in [6.07, 6.45) is -1.65. The molecule has 0 aliphatic carbocycles. The van der Waals surface area contributed by atoms with Crippen LogP contribution in [-0.2, 0) is 9.53 Å². The number of aliphatic hydroxyl groups is 2. The summed E-state index contributed by atoms with van der Waals surface area (Å²) in [4.78, 5) is 23.3. The van der Waals surface area contributed by atoms with Crippen molar-refractivity contribution in [3.05, 3.63) is 12.7 Å². The summed E-state index contributed by atoms with van der Waals surface area (Å²) in [5.74, 6) is -0.862. The van der Waals surface area contributed by atoms with Crippen LogP contribution in [-0.4, -0.2) is 71.3 Å². The molecule has 1 fully saturated rings. The van der Waals surface area contributed by atoms with E-state index in [9.17, 15) is 15.0 Å². The molecule has 1 saturated heterocycles. The van der Waals surface area contributed by atoms with E-state index in [1.807, 2.05) is 0 Å². The second kappa shape index (κ2) is 7.09. The molecule has 26 heavy (non-hydrogen) atoms. The van der Waals surface area contributed by atoms with Crippen LogP contribution in [0.3, 0.4) is 0 Å². The van der Waals surface area contributed by atoms with E-state index in [0.717, 1.165) is 0 Å². The molecule has 12 heteroatoms. The van der Waals surface area contributed by atoms with Gasteiger partial charge in [-0.05, 0) is 6.92 Å². The summed E-state index contributed by atoms with van der Waals surface area (Å²) in [7, 11) is 0. The maximum atomic E-state index is 10.8. The van der Waals surface area contributed by atoms with Crippen LogP contribution in [0.1, 0.15) is 19.6 Å². The van der Waals surface area contributed by atoms with E-state index in [2.05, 4.69) is 20.3 Å². The Labute approximate surface area is 147 Å². The fraction of sp³-hybridized carbons (Fsp3) is 0.571. The first-order valence-electron chi connectivity index (χ1n) is 7.99. The molecule has 0 amide bonds. The zero-order chi connectivity index (χ0) is 19.0. The molecule has 142 valence electrons. The van der Waals surface area contributed by atoms with Crippen molar-refractivity contribution in [2.24, 2.45) is 11.5 Å². The topological polar surface area (TPSA) is 195 Å². The van der Waals surface area contributed by atoms with Gasteiger partial charge in [-0.2, -0.15) is 0 Å². The number of nitrogens with zero attached hydrogens (tertiary/aromatic N) is 4. The minimum Gasteiger partial charge on any atom is -0.480 e. The molecule has 12 nitrogen and oxygen atoms in total. The minimum atomic E-state index is -1.15. The Bertz CT molecular complexity index is 799. The molecule has 2 aromatic rings. The average Bonchev–Trinajstić information content (AvgIpc) is 3.12. The highest BCUT2D eigenvalue weighted by molar-refractivity contribution is 5.83. The maximum absolute atomic E-state index is 10.8. The first-order chi connectivity index (χ1) is 12.3. The number of hydrogen-bond acceptors (Lipinski definition) is 10. The van der Waals surface area contributed by atoms with Crippen LogP contribution >= 0.6 is 0 Å². The summed E-state index contributed by atoms with van der Waals surface area (Å²) >= 11 is 0. The number of hydrogen-bond donors (Lipinski definition) is 6. The molecule has 8 N–H and O–H groups in total. The molecule has 6 atom stereocenters. The zero-order valence-corrected chi connectivity index (χ0v) is 13.9. The summed E-state index contributed by atoms with van der Waals surface area (Å²) in [6, 6.07) is -1.11. The molecule has 0 bridgehead atoms. The molecular weight excluding hydrogens is 346 g/mol. The molecule has 2 aromatic heterocycles. The van der Waals surface area contributed by atoms with Crippen molar-refractivity contribution < 1.29 is 24.9 Å². The number of nitrogens with one attached hydrogen (secondary N) is 1. The molecule has 3 heterocycles. The third kappa shape index (κ3) is 3.32. The number of nitrogens with two attached hydrogens (primary N) is 2. The van der Waals surface area contributed by atoms with Gasteiger partial charge in [0.05, 0.1) is 18.6 Å². The van der Waals surface area contributed by atoms with Crippen molar-refractivity contribution in [1.82, 2.24) is 19.5 Å². The Balaban J connectivity index is 1.84. The zero-order valence-electron chi connectivity index (χ0n) is 13.9. The van der Waals surface area contributed by atoms with Crippen molar-refractivity contribution >= 4 is 23.0 Å². The maximum Gasteiger partial charge on any atom is 0.320 e. The van der Waals surface area contributed by atoms with Crippen LogP contribution in [0.4, 0.5) is 5.82 Å². The first-order valence-corrected chi connectivity index (χ1v) is 7.99. The number of rotatable bonds is 6. The number of aromatic nitrogens is 4. The summed E-state index contributed by atoms with van der Waals surface area (Å²) in [6.45, 7) is 1.65. The lowest BCUT2D eigenvalue weighted by atomic mass is 10.1. The SMILES string of the molecule is C[C@H]1O[C@@H](n2cnc3c(NC(N)CC(N)C(=O)O)ncnc32)[C@H](O)[C@@H]1O. The highest BCUT2D eigenvalue weighted by atomic mass is 16.6. The average molecular weight is 367 g/mol. The Morgan fingerprint density at radius 3 is 2.69 bits per heavy atom. The van der Waals surface area contributed by atoms with Crippen molar-refractivity contribution in [2.45, 2.75) is 50.1 Å². The monoisotopic (exact) mass is 367 g/mol. The minimum absolute atomic E-state index is 0.0182.